The van der Waals surface area contributed by atoms with Crippen LogP contribution >= 0.6 is 0 Å². The molecular weight excluding hydrogens is 488 g/mol. The summed E-state index contributed by atoms with van der Waals surface area (Å²) in [4.78, 5) is 57.2. The lowest BCUT2D eigenvalue weighted by Crippen LogP contribution is -2.53. The number of amides is 3. The summed E-state index contributed by atoms with van der Waals surface area (Å²) in [5, 5.41) is 15.9. The summed E-state index contributed by atoms with van der Waals surface area (Å²) in [6.45, 7) is 0.229. The molecule has 10 nitrogen and oxygen atoms in total. The van der Waals surface area contributed by atoms with E-state index in [-0.39, 0.29) is 44.3 Å². The number of fused-ring (bicyclic) bond motifs is 4. The highest BCUT2D eigenvalue weighted by molar-refractivity contribution is 6.35. The Kier molecular flexibility index (Phi) is 6.42. The molecule has 196 valence electrons. The molecule has 2 aromatic rings. The third-order valence-electron chi connectivity index (χ3n) is 7.50. The van der Waals surface area contributed by atoms with Crippen molar-refractivity contribution in [1.82, 2.24) is 25.1 Å². The van der Waals surface area contributed by atoms with Gasteiger partial charge in [-0.05, 0) is 55.7 Å². The fourth-order valence-electron chi connectivity index (χ4n) is 5.54. The first kappa shape index (κ1) is 24.8. The van der Waals surface area contributed by atoms with Crippen LogP contribution in [-0.4, -0.2) is 56.5 Å². The standard InChI is InChI=1S/C25H27F2N5O5/c26-16-3-1-15(2-4-16)12-28-20(34)18-19(33)22(36)32-10-6-14-5-8-25(11-14,24(32)29-18)30-21(35)23(37)31-9-7-17(27)13-31/h1-4,14,17,33H,5-13H2,(H,28,34)(H,30,35)/t14-,17-,25+/m1/s1. The van der Waals surface area contributed by atoms with E-state index in [0.717, 1.165) is 4.90 Å². The Morgan fingerprint density at radius 2 is 1.89 bits per heavy atom. The van der Waals surface area contributed by atoms with Crippen LogP contribution in [0.5, 0.6) is 5.75 Å². The fourth-order valence-corrected chi connectivity index (χ4v) is 5.54. The van der Waals surface area contributed by atoms with Crippen LogP contribution in [0.25, 0.3) is 0 Å². The van der Waals surface area contributed by atoms with Crippen LogP contribution < -0.4 is 16.2 Å². The summed E-state index contributed by atoms with van der Waals surface area (Å²) in [6.07, 6.45) is 1.10. The number of halogens is 2. The number of carbonyl (C=O) groups is 3. The number of nitrogens with zero attached hydrogens (tertiary/aromatic N) is 3. The summed E-state index contributed by atoms with van der Waals surface area (Å²) in [5.41, 5.74) is -1.91. The second-order valence-electron chi connectivity index (χ2n) is 9.97. The number of hydrogen-bond donors (Lipinski definition) is 3. The summed E-state index contributed by atoms with van der Waals surface area (Å²) in [6, 6.07) is 5.46. The first-order chi connectivity index (χ1) is 17.7. The zero-order valence-electron chi connectivity index (χ0n) is 20.0. The lowest BCUT2D eigenvalue weighted by atomic mass is 9.94. The molecule has 0 spiro atoms. The molecule has 3 atom stereocenters. The molecule has 1 saturated heterocycles. The maximum Gasteiger partial charge on any atom is 0.312 e. The minimum absolute atomic E-state index is 0.00249. The van der Waals surface area contributed by atoms with Crippen LogP contribution in [0, 0.1) is 11.7 Å². The van der Waals surface area contributed by atoms with Gasteiger partial charge in [0.05, 0.1) is 12.1 Å². The Morgan fingerprint density at radius 3 is 2.59 bits per heavy atom. The Labute approximate surface area is 210 Å². The number of likely N-dealkylation sites (tertiary alicyclic amines) is 1. The highest BCUT2D eigenvalue weighted by Crippen LogP contribution is 2.45. The summed E-state index contributed by atoms with van der Waals surface area (Å²) in [7, 11) is 0. The zero-order chi connectivity index (χ0) is 26.3. The number of rotatable bonds is 4. The quantitative estimate of drug-likeness (QED) is 0.523. The van der Waals surface area contributed by atoms with Gasteiger partial charge in [0.2, 0.25) is 5.75 Å². The van der Waals surface area contributed by atoms with E-state index in [1.54, 1.807) is 0 Å². The maximum atomic E-state index is 13.6. The molecule has 0 radical (unpaired) electrons. The topological polar surface area (TPSA) is 134 Å². The molecule has 3 amide bonds. The molecule has 0 unspecified atom stereocenters. The molecule has 5 rings (SSSR count). The van der Waals surface area contributed by atoms with Crippen molar-refractivity contribution in [2.24, 2.45) is 5.92 Å². The molecule has 1 aromatic heterocycles. The van der Waals surface area contributed by atoms with Crippen LogP contribution in [0.1, 0.15) is 54.0 Å². The fraction of sp³-hybridized carbons (Fsp3) is 0.480. The lowest BCUT2D eigenvalue weighted by Gasteiger charge is -2.31. The number of carbonyl (C=O) groups excluding carboxylic acids is 3. The number of alkyl halides is 1. The van der Waals surface area contributed by atoms with Gasteiger partial charge in [0.1, 0.15) is 17.8 Å². The van der Waals surface area contributed by atoms with E-state index < -0.39 is 52.3 Å². The van der Waals surface area contributed by atoms with Crippen LogP contribution in [0.15, 0.2) is 29.1 Å². The highest BCUT2D eigenvalue weighted by atomic mass is 19.1. The monoisotopic (exact) mass is 515 g/mol. The number of aromatic nitrogens is 2. The smallest absolute Gasteiger partial charge is 0.312 e. The van der Waals surface area contributed by atoms with Crippen molar-refractivity contribution in [3.05, 3.63) is 57.5 Å². The third kappa shape index (κ3) is 4.67. The van der Waals surface area contributed by atoms with E-state index in [9.17, 15) is 33.1 Å². The minimum Gasteiger partial charge on any atom is -0.501 e. The van der Waals surface area contributed by atoms with Crippen LogP contribution in [0.4, 0.5) is 8.78 Å². The van der Waals surface area contributed by atoms with Crippen LogP contribution in [0.2, 0.25) is 0 Å². The molecule has 1 aliphatic carbocycles. The first-order valence-corrected chi connectivity index (χ1v) is 12.3. The Bertz CT molecular complexity index is 1310. The normalized spacial score (nSPS) is 24.3. The van der Waals surface area contributed by atoms with Crippen molar-refractivity contribution in [2.75, 3.05) is 13.1 Å². The zero-order valence-corrected chi connectivity index (χ0v) is 20.0. The number of benzene rings is 1. The van der Waals surface area contributed by atoms with Gasteiger partial charge in [-0.3, -0.25) is 23.7 Å². The molecule has 2 fully saturated rings. The van der Waals surface area contributed by atoms with Crippen LogP contribution in [0.3, 0.4) is 0 Å². The summed E-state index contributed by atoms with van der Waals surface area (Å²) < 4.78 is 28.0. The van der Waals surface area contributed by atoms with Gasteiger partial charge in [-0.25, -0.2) is 13.8 Å². The van der Waals surface area contributed by atoms with E-state index in [0.29, 0.717) is 31.2 Å². The van der Waals surface area contributed by atoms with E-state index in [4.69, 9.17) is 0 Å². The molecule has 37 heavy (non-hydrogen) atoms. The van der Waals surface area contributed by atoms with Crippen molar-refractivity contribution >= 4 is 17.7 Å². The van der Waals surface area contributed by atoms with Gasteiger partial charge in [0.15, 0.2) is 5.69 Å². The van der Waals surface area contributed by atoms with E-state index in [2.05, 4.69) is 15.6 Å². The van der Waals surface area contributed by atoms with Gasteiger partial charge < -0.3 is 20.6 Å². The highest BCUT2D eigenvalue weighted by Gasteiger charge is 2.48. The van der Waals surface area contributed by atoms with E-state index in [1.165, 1.54) is 28.8 Å². The van der Waals surface area contributed by atoms with E-state index >= 15 is 0 Å². The van der Waals surface area contributed by atoms with Gasteiger partial charge in [0, 0.05) is 19.6 Å². The summed E-state index contributed by atoms with van der Waals surface area (Å²) in [5.74, 6) is -3.60. The van der Waals surface area contributed by atoms with Gasteiger partial charge >= 0.3 is 11.8 Å². The second kappa shape index (κ2) is 9.56. The Hall–Kier alpha value is -3.83. The Morgan fingerprint density at radius 1 is 1.14 bits per heavy atom. The predicted molar refractivity (Wildman–Crippen MR) is 126 cm³/mol. The Balaban J connectivity index is 1.45. The minimum atomic E-state index is -1.19. The van der Waals surface area contributed by atoms with Crippen molar-refractivity contribution < 1.29 is 28.3 Å². The largest absolute Gasteiger partial charge is 0.501 e. The van der Waals surface area contributed by atoms with Crippen molar-refractivity contribution in [3.63, 3.8) is 0 Å². The third-order valence-corrected chi connectivity index (χ3v) is 7.50. The van der Waals surface area contributed by atoms with Gasteiger partial charge in [-0.15, -0.1) is 0 Å². The molecule has 3 aliphatic rings. The van der Waals surface area contributed by atoms with Gasteiger partial charge in [0.25, 0.3) is 11.5 Å². The lowest BCUT2D eigenvalue weighted by molar-refractivity contribution is -0.146. The van der Waals surface area contributed by atoms with Gasteiger partial charge in [-0.2, -0.15) is 0 Å². The number of nitrogens with one attached hydrogen (secondary N) is 2. The average molecular weight is 516 g/mol. The second-order valence-corrected chi connectivity index (χ2v) is 9.97. The van der Waals surface area contributed by atoms with Gasteiger partial charge in [-0.1, -0.05) is 12.1 Å². The molecule has 1 saturated carbocycles. The average Bonchev–Trinajstić information content (AvgIpc) is 3.46. The molecular formula is C25H27F2N5O5. The van der Waals surface area contributed by atoms with Crippen molar-refractivity contribution in [1.29, 1.82) is 0 Å². The van der Waals surface area contributed by atoms with Crippen molar-refractivity contribution in [3.8, 4) is 5.75 Å². The molecule has 2 aliphatic heterocycles. The van der Waals surface area contributed by atoms with Crippen molar-refractivity contribution in [2.45, 2.75) is 56.9 Å². The molecule has 2 bridgehead atoms. The number of hydrogen-bond acceptors (Lipinski definition) is 6. The van der Waals surface area contributed by atoms with Crippen LogP contribution in [-0.2, 0) is 28.2 Å². The predicted octanol–water partition coefficient (Wildman–Crippen LogP) is 1.10. The number of aromatic hydroxyl groups is 1. The summed E-state index contributed by atoms with van der Waals surface area (Å²) >= 11 is 0. The molecule has 3 N–H and O–H groups in total. The first-order valence-electron chi connectivity index (χ1n) is 12.3. The maximum absolute atomic E-state index is 13.6. The van der Waals surface area contributed by atoms with E-state index in [1.807, 2.05) is 0 Å². The molecule has 1 aromatic carbocycles. The molecule has 3 heterocycles. The molecule has 12 heteroatoms. The SMILES string of the molecule is O=C(N[C@]12CC[C@H](CCn3c1nc(C(=O)NCc1ccc(F)cc1)c(O)c3=O)C2)C(=O)N1CC[C@@H](F)C1.